The lowest BCUT2D eigenvalue weighted by atomic mass is 10.1. The van der Waals surface area contributed by atoms with Crippen LogP contribution in [0.5, 0.6) is 5.75 Å². The number of halogens is 1. The summed E-state index contributed by atoms with van der Waals surface area (Å²) in [6, 6.07) is 10.2. The van der Waals surface area contributed by atoms with Gasteiger partial charge in [-0.1, -0.05) is 11.6 Å². The largest absolute Gasteiger partial charge is 0.494 e. The molecule has 0 aliphatic heterocycles. The Hall–Kier alpha value is -1.19. The molecule has 0 radical (unpaired) electrons. The maximum absolute atomic E-state index is 5.94. The molecule has 18 heavy (non-hydrogen) atoms. The molecule has 0 aliphatic carbocycles. The summed E-state index contributed by atoms with van der Waals surface area (Å²) >= 11 is 7.49. The fourth-order valence-electron chi connectivity index (χ4n) is 1.70. The van der Waals surface area contributed by atoms with Crippen molar-refractivity contribution in [1.29, 1.82) is 0 Å². The molecule has 2 nitrogen and oxygen atoms in total. The highest BCUT2D eigenvalue weighted by Gasteiger charge is 2.07. The Balaban J connectivity index is 2.00. The number of nitrogens with one attached hydrogen (secondary N) is 1. The molecule has 1 heterocycles. The van der Waals surface area contributed by atoms with E-state index >= 15 is 0 Å². The SMILES string of the molecule is CCOc1ccc(NC(C)c2csc(Cl)c2)cc1. The first kappa shape index (κ1) is 13.2. The Morgan fingerprint density at radius 1 is 1.33 bits per heavy atom. The van der Waals surface area contributed by atoms with Gasteiger partial charge in [-0.3, -0.25) is 0 Å². The van der Waals surface area contributed by atoms with E-state index in [0.717, 1.165) is 15.8 Å². The van der Waals surface area contributed by atoms with Crippen LogP contribution in [0, 0.1) is 0 Å². The standard InChI is InChI=1S/C14H16ClNOS/c1-3-17-13-6-4-12(5-7-13)16-10(2)11-8-14(15)18-9-11/h4-10,16H,3H2,1-2H3. The first-order valence-corrected chi connectivity index (χ1v) is 7.18. The lowest BCUT2D eigenvalue weighted by Gasteiger charge is -2.14. The van der Waals surface area contributed by atoms with Crippen molar-refractivity contribution in [2.45, 2.75) is 19.9 Å². The topological polar surface area (TPSA) is 21.3 Å². The van der Waals surface area contributed by atoms with Gasteiger partial charge in [0.15, 0.2) is 0 Å². The zero-order valence-electron chi connectivity index (χ0n) is 10.4. The van der Waals surface area contributed by atoms with E-state index in [-0.39, 0.29) is 6.04 Å². The zero-order chi connectivity index (χ0) is 13.0. The molecule has 0 saturated carbocycles. The van der Waals surface area contributed by atoms with Gasteiger partial charge in [0.1, 0.15) is 5.75 Å². The van der Waals surface area contributed by atoms with Crippen molar-refractivity contribution in [3.63, 3.8) is 0 Å². The van der Waals surface area contributed by atoms with E-state index in [9.17, 15) is 0 Å². The van der Waals surface area contributed by atoms with E-state index in [2.05, 4.69) is 17.6 Å². The second-order valence-corrected chi connectivity index (χ2v) is 5.55. The molecule has 1 N–H and O–H groups in total. The number of rotatable bonds is 5. The van der Waals surface area contributed by atoms with E-state index in [1.807, 2.05) is 37.3 Å². The molecule has 2 aromatic rings. The Labute approximate surface area is 117 Å². The summed E-state index contributed by atoms with van der Waals surface area (Å²) in [5.74, 6) is 0.897. The van der Waals surface area contributed by atoms with Crippen LogP contribution in [0.4, 0.5) is 5.69 Å². The average Bonchev–Trinajstić information content (AvgIpc) is 2.79. The van der Waals surface area contributed by atoms with Crippen LogP contribution in [0.25, 0.3) is 0 Å². The Bertz CT molecular complexity index is 495. The van der Waals surface area contributed by atoms with Gasteiger partial charge in [-0.15, -0.1) is 11.3 Å². The van der Waals surface area contributed by atoms with Crippen LogP contribution in [0.3, 0.4) is 0 Å². The summed E-state index contributed by atoms with van der Waals surface area (Å²) in [7, 11) is 0. The summed E-state index contributed by atoms with van der Waals surface area (Å²) < 4.78 is 6.23. The molecular weight excluding hydrogens is 266 g/mol. The molecule has 0 saturated heterocycles. The molecule has 1 aromatic heterocycles. The summed E-state index contributed by atoms with van der Waals surface area (Å²) in [4.78, 5) is 0. The zero-order valence-corrected chi connectivity index (χ0v) is 12.0. The van der Waals surface area contributed by atoms with Crippen molar-refractivity contribution < 1.29 is 4.74 Å². The second-order valence-electron chi connectivity index (χ2n) is 4.01. The fraction of sp³-hybridized carbons (Fsp3) is 0.286. The third-order valence-electron chi connectivity index (χ3n) is 2.64. The summed E-state index contributed by atoms with van der Waals surface area (Å²) in [5, 5.41) is 5.51. The van der Waals surface area contributed by atoms with Gasteiger partial charge in [0.05, 0.1) is 10.9 Å². The van der Waals surface area contributed by atoms with Crippen LogP contribution >= 0.6 is 22.9 Å². The van der Waals surface area contributed by atoms with Crippen molar-refractivity contribution in [2.24, 2.45) is 0 Å². The maximum Gasteiger partial charge on any atom is 0.119 e. The molecule has 2 rings (SSSR count). The lowest BCUT2D eigenvalue weighted by Crippen LogP contribution is -2.05. The molecule has 96 valence electrons. The van der Waals surface area contributed by atoms with E-state index in [0.29, 0.717) is 6.61 Å². The average molecular weight is 282 g/mol. The van der Waals surface area contributed by atoms with E-state index in [1.165, 1.54) is 5.56 Å². The van der Waals surface area contributed by atoms with Crippen molar-refractivity contribution in [3.05, 3.63) is 45.6 Å². The van der Waals surface area contributed by atoms with Crippen LogP contribution in [-0.2, 0) is 0 Å². The number of hydrogen-bond acceptors (Lipinski definition) is 3. The van der Waals surface area contributed by atoms with Crippen LogP contribution in [0.2, 0.25) is 4.34 Å². The normalized spacial score (nSPS) is 12.2. The minimum absolute atomic E-state index is 0.242. The van der Waals surface area contributed by atoms with Gasteiger partial charge in [-0.05, 0) is 55.1 Å². The van der Waals surface area contributed by atoms with E-state index < -0.39 is 0 Å². The quantitative estimate of drug-likeness (QED) is 0.835. The van der Waals surface area contributed by atoms with Crippen LogP contribution in [0.1, 0.15) is 25.5 Å². The minimum Gasteiger partial charge on any atom is -0.494 e. The second kappa shape index (κ2) is 6.12. The highest BCUT2D eigenvalue weighted by molar-refractivity contribution is 7.14. The molecular formula is C14H16ClNOS. The predicted molar refractivity (Wildman–Crippen MR) is 79.0 cm³/mol. The van der Waals surface area contributed by atoms with E-state index in [4.69, 9.17) is 16.3 Å². The molecule has 1 unspecified atom stereocenters. The molecule has 1 aromatic carbocycles. The highest BCUT2D eigenvalue weighted by Crippen LogP contribution is 2.27. The Morgan fingerprint density at radius 3 is 2.61 bits per heavy atom. The van der Waals surface area contributed by atoms with Gasteiger partial charge in [0.25, 0.3) is 0 Å². The van der Waals surface area contributed by atoms with Crippen molar-refractivity contribution in [1.82, 2.24) is 0 Å². The Morgan fingerprint density at radius 2 is 2.06 bits per heavy atom. The van der Waals surface area contributed by atoms with Gasteiger partial charge < -0.3 is 10.1 Å². The van der Waals surface area contributed by atoms with Crippen LogP contribution in [-0.4, -0.2) is 6.61 Å². The monoisotopic (exact) mass is 281 g/mol. The fourth-order valence-corrected chi connectivity index (χ4v) is 2.68. The molecule has 4 heteroatoms. The number of ether oxygens (including phenoxy) is 1. The van der Waals surface area contributed by atoms with Gasteiger partial charge >= 0.3 is 0 Å². The summed E-state index contributed by atoms with van der Waals surface area (Å²) in [6.45, 7) is 4.79. The van der Waals surface area contributed by atoms with Crippen molar-refractivity contribution in [3.8, 4) is 5.75 Å². The summed E-state index contributed by atoms with van der Waals surface area (Å²) in [5.41, 5.74) is 2.28. The third-order valence-corrected chi connectivity index (χ3v) is 3.75. The molecule has 0 amide bonds. The van der Waals surface area contributed by atoms with Crippen molar-refractivity contribution in [2.75, 3.05) is 11.9 Å². The Kier molecular flexibility index (Phi) is 4.50. The number of hydrogen-bond donors (Lipinski definition) is 1. The highest BCUT2D eigenvalue weighted by atomic mass is 35.5. The van der Waals surface area contributed by atoms with Crippen LogP contribution in [0.15, 0.2) is 35.7 Å². The van der Waals surface area contributed by atoms with Gasteiger partial charge in [-0.2, -0.15) is 0 Å². The van der Waals surface area contributed by atoms with Gasteiger partial charge in [0, 0.05) is 11.7 Å². The third kappa shape index (κ3) is 3.40. The van der Waals surface area contributed by atoms with Crippen LogP contribution < -0.4 is 10.1 Å². The molecule has 0 aliphatic rings. The van der Waals surface area contributed by atoms with Crippen molar-refractivity contribution >= 4 is 28.6 Å². The number of thiophene rings is 1. The molecule has 1 atom stereocenters. The molecule has 0 fully saturated rings. The van der Waals surface area contributed by atoms with E-state index in [1.54, 1.807) is 11.3 Å². The van der Waals surface area contributed by atoms with Gasteiger partial charge in [0.2, 0.25) is 0 Å². The predicted octanol–water partition coefficient (Wildman–Crippen LogP) is 4.97. The number of benzene rings is 1. The first-order valence-electron chi connectivity index (χ1n) is 5.92. The summed E-state index contributed by atoms with van der Waals surface area (Å²) in [6.07, 6.45) is 0. The lowest BCUT2D eigenvalue weighted by molar-refractivity contribution is 0.340. The van der Waals surface area contributed by atoms with Gasteiger partial charge in [-0.25, -0.2) is 0 Å². The smallest absolute Gasteiger partial charge is 0.119 e. The molecule has 0 spiro atoms. The molecule has 0 bridgehead atoms. The first-order chi connectivity index (χ1) is 8.69. The minimum atomic E-state index is 0.242. The number of anilines is 1. The maximum atomic E-state index is 5.94.